The van der Waals surface area contributed by atoms with Crippen LogP contribution < -0.4 is 15.4 Å². The number of para-hydroxylation sites is 1. The molecule has 0 bridgehead atoms. The molecular weight excluding hydrogens is 376 g/mol. The lowest BCUT2D eigenvalue weighted by molar-refractivity contribution is 0.0342. The Morgan fingerprint density at radius 1 is 1.07 bits per heavy atom. The summed E-state index contributed by atoms with van der Waals surface area (Å²) in [5, 5.41) is 6.73. The van der Waals surface area contributed by atoms with Gasteiger partial charge in [0, 0.05) is 45.3 Å². The van der Waals surface area contributed by atoms with Crippen LogP contribution in [0.15, 0.2) is 66.2 Å². The fraction of sp³-hybridized carbons (Fsp3) is 0.375. The van der Waals surface area contributed by atoms with Crippen molar-refractivity contribution >= 4 is 5.96 Å². The van der Waals surface area contributed by atoms with Crippen molar-refractivity contribution in [3.63, 3.8) is 0 Å². The normalized spacial score (nSPS) is 14.9. The maximum absolute atomic E-state index is 5.72. The van der Waals surface area contributed by atoms with Crippen molar-refractivity contribution in [3.8, 4) is 5.75 Å². The number of nitrogens with zero attached hydrogens (tertiary/aromatic N) is 2. The molecule has 3 rings (SSSR count). The lowest BCUT2D eigenvalue weighted by Crippen LogP contribution is -2.36. The first-order valence-electron chi connectivity index (χ1n) is 10.4. The summed E-state index contributed by atoms with van der Waals surface area (Å²) in [4.78, 5) is 6.75. The van der Waals surface area contributed by atoms with E-state index in [9.17, 15) is 0 Å². The van der Waals surface area contributed by atoms with Crippen molar-refractivity contribution < 1.29 is 9.47 Å². The molecule has 160 valence electrons. The number of ether oxygens (including phenoxy) is 2. The second-order valence-corrected chi connectivity index (χ2v) is 7.19. The topological polar surface area (TPSA) is 58.1 Å². The zero-order valence-corrected chi connectivity index (χ0v) is 17.8. The molecule has 0 saturated carbocycles. The molecule has 0 aromatic heterocycles. The molecule has 1 heterocycles. The highest BCUT2D eigenvalue weighted by Gasteiger charge is 2.10. The van der Waals surface area contributed by atoms with Gasteiger partial charge in [-0.15, -0.1) is 0 Å². The van der Waals surface area contributed by atoms with Crippen LogP contribution in [-0.4, -0.2) is 50.8 Å². The van der Waals surface area contributed by atoms with Crippen LogP contribution in [-0.2, 0) is 24.4 Å². The predicted octanol–water partition coefficient (Wildman–Crippen LogP) is 2.95. The molecule has 2 aromatic rings. The van der Waals surface area contributed by atoms with E-state index in [1.807, 2.05) is 24.3 Å². The Balaban J connectivity index is 1.46. The Morgan fingerprint density at radius 2 is 1.77 bits per heavy atom. The molecule has 1 fully saturated rings. The second-order valence-electron chi connectivity index (χ2n) is 7.19. The first-order valence-corrected chi connectivity index (χ1v) is 10.4. The molecule has 0 unspecified atom stereocenters. The third-order valence-corrected chi connectivity index (χ3v) is 4.99. The summed E-state index contributed by atoms with van der Waals surface area (Å²) < 4.78 is 11.1. The minimum absolute atomic E-state index is 0.492. The van der Waals surface area contributed by atoms with Gasteiger partial charge in [-0.25, -0.2) is 0 Å². The Labute approximate surface area is 179 Å². The smallest absolute Gasteiger partial charge is 0.191 e. The Bertz CT molecular complexity index is 814. The quantitative estimate of drug-likeness (QED) is 0.380. The van der Waals surface area contributed by atoms with E-state index in [1.165, 1.54) is 11.1 Å². The van der Waals surface area contributed by atoms with Crippen molar-refractivity contribution in [3.05, 3.63) is 77.9 Å². The van der Waals surface area contributed by atoms with Gasteiger partial charge in [0.15, 0.2) is 5.96 Å². The highest BCUT2D eigenvalue weighted by molar-refractivity contribution is 5.79. The third kappa shape index (κ3) is 6.90. The molecule has 1 aliphatic rings. The lowest BCUT2D eigenvalue weighted by atomic mass is 10.1. The van der Waals surface area contributed by atoms with E-state index in [-0.39, 0.29) is 0 Å². The molecule has 30 heavy (non-hydrogen) atoms. The van der Waals surface area contributed by atoms with Gasteiger partial charge in [-0.1, -0.05) is 55.1 Å². The number of hydrogen-bond donors (Lipinski definition) is 2. The molecule has 1 aliphatic heterocycles. The predicted molar refractivity (Wildman–Crippen MR) is 122 cm³/mol. The molecule has 0 atom stereocenters. The van der Waals surface area contributed by atoms with Crippen LogP contribution in [0.1, 0.15) is 16.7 Å². The number of rotatable bonds is 9. The van der Waals surface area contributed by atoms with Crippen LogP contribution in [0.3, 0.4) is 0 Å². The molecule has 6 heteroatoms. The number of guanidine groups is 1. The first-order chi connectivity index (χ1) is 14.8. The third-order valence-electron chi connectivity index (χ3n) is 4.99. The number of aliphatic imine (C=N–C) groups is 1. The van der Waals surface area contributed by atoms with Gasteiger partial charge in [0.25, 0.3) is 0 Å². The van der Waals surface area contributed by atoms with Gasteiger partial charge < -0.3 is 20.1 Å². The minimum atomic E-state index is 0.492. The molecule has 2 aromatic carbocycles. The number of hydrogen-bond acceptors (Lipinski definition) is 4. The minimum Gasteiger partial charge on any atom is -0.489 e. The van der Waals surface area contributed by atoms with E-state index in [1.54, 1.807) is 13.1 Å². The maximum atomic E-state index is 5.72. The van der Waals surface area contributed by atoms with E-state index >= 15 is 0 Å². The first kappa shape index (κ1) is 21.9. The zero-order valence-electron chi connectivity index (χ0n) is 17.8. The van der Waals surface area contributed by atoms with Crippen LogP contribution in [0, 0.1) is 0 Å². The summed E-state index contributed by atoms with van der Waals surface area (Å²) in [6, 6.07) is 16.7. The van der Waals surface area contributed by atoms with Crippen LogP contribution in [0.25, 0.3) is 0 Å². The number of nitrogens with one attached hydrogen (secondary N) is 2. The SMILES string of the molecule is C=CCOc1ccccc1CNC(=NC)NCc1ccc(CN2CCOCC2)cc1. The lowest BCUT2D eigenvalue weighted by Gasteiger charge is -2.26. The Kier molecular flexibility index (Phi) is 8.75. The molecule has 2 N–H and O–H groups in total. The molecule has 0 spiro atoms. The van der Waals surface area contributed by atoms with Gasteiger partial charge in [0.2, 0.25) is 0 Å². The van der Waals surface area contributed by atoms with Gasteiger partial charge in [0.1, 0.15) is 12.4 Å². The van der Waals surface area contributed by atoms with Gasteiger partial charge >= 0.3 is 0 Å². The average molecular weight is 409 g/mol. The van der Waals surface area contributed by atoms with E-state index in [4.69, 9.17) is 9.47 Å². The summed E-state index contributed by atoms with van der Waals surface area (Å²) in [6.07, 6.45) is 1.75. The highest BCUT2D eigenvalue weighted by Crippen LogP contribution is 2.17. The summed E-state index contributed by atoms with van der Waals surface area (Å²) in [7, 11) is 1.78. The zero-order chi connectivity index (χ0) is 21.0. The van der Waals surface area contributed by atoms with Gasteiger partial charge in [-0.05, 0) is 17.2 Å². The second kappa shape index (κ2) is 12.0. The van der Waals surface area contributed by atoms with Crippen molar-refractivity contribution in [1.82, 2.24) is 15.5 Å². The number of morpholine rings is 1. The fourth-order valence-electron chi connectivity index (χ4n) is 3.30. The van der Waals surface area contributed by atoms with E-state index in [0.717, 1.165) is 50.1 Å². The van der Waals surface area contributed by atoms with Crippen molar-refractivity contribution in [2.45, 2.75) is 19.6 Å². The van der Waals surface area contributed by atoms with Gasteiger partial charge in [-0.2, -0.15) is 0 Å². The van der Waals surface area contributed by atoms with Gasteiger partial charge in [-0.3, -0.25) is 9.89 Å². The molecule has 0 radical (unpaired) electrons. The summed E-state index contributed by atoms with van der Waals surface area (Å²) in [6.45, 7) is 10.2. The standard InChI is InChI=1S/C24H32N4O2/c1-3-14-30-23-7-5-4-6-22(23)18-27-24(25-2)26-17-20-8-10-21(11-9-20)19-28-12-15-29-16-13-28/h3-11H,1,12-19H2,2H3,(H2,25,26,27). The summed E-state index contributed by atoms with van der Waals surface area (Å²) >= 11 is 0. The summed E-state index contributed by atoms with van der Waals surface area (Å²) in [5.41, 5.74) is 3.63. The fourth-order valence-corrected chi connectivity index (χ4v) is 3.30. The van der Waals surface area contributed by atoms with Crippen molar-refractivity contribution in [2.24, 2.45) is 4.99 Å². The van der Waals surface area contributed by atoms with E-state index in [2.05, 4.69) is 51.4 Å². The van der Waals surface area contributed by atoms with Crippen molar-refractivity contribution in [2.75, 3.05) is 40.0 Å². The van der Waals surface area contributed by atoms with Crippen LogP contribution in [0.5, 0.6) is 5.75 Å². The Morgan fingerprint density at radius 3 is 2.50 bits per heavy atom. The maximum Gasteiger partial charge on any atom is 0.191 e. The van der Waals surface area contributed by atoms with Crippen LogP contribution in [0.2, 0.25) is 0 Å². The number of benzene rings is 2. The molecule has 1 saturated heterocycles. The summed E-state index contributed by atoms with van der Waals surface area (Å²) in [5.74, 6) is 1.61. The average Bonchev–Trinajstić information content (AvgIpc) is 2.80. The van der Waals surface area contributed by atoms with E-state index in [0.29, 0.717) is 19.7 Å². The highest BCUT2D eigenvalue weighted by atomic mass is 16.5. The molecule has 0 amide bonds. The largest absolute Gasteiger partial charge is 0.489 e. The van der Waals surface area contributed by atoms with Gasteiger partial charge in [0.05, 0.1) is 13.2 Å². The van der Waals surface area contributed by atoms with Crippen molar-refractivity contribution in [1.29, 1.82) is 0 Å². The Hall–Kier alpha value is -2.83. The van der Waals surface area contributed by atoms with E-state index < -0.39 is 0 Å². The van der Waals surface area contributed by atoms with Crippen LogP contribution >= 0.6 is 0 Å². The molecule has 0 aliphatic carbocycles. The van der Waals surface area contributed by atoms with Crippen LogP contribution in [0.4, 0.5) is 0 Å². The molecular formula is C24H32N4O2. The molecule has 6 nitrogen and oxygen atoms in total. The monoisotopic (exact) mass is 408 g/mol.